The molecule has 0 aliphatic carbocycles. The summed E-state index contributed by atoms with van der Waals surface area (Å²) in [7, 11) is 0. The van der Waals surface area contributed by atoms with Gasteiger partial charge in [-0.3, -0.25) is 4.79 Å². The highest BCUT2D eigenvalue weighted by atomic mass is 19.1. The molecule has 0 bridgehead atoms. The van der Waals surface area contributed by atoms with Crippen molar-refractivity contribution >= 4 is 11.7 Å². The first kappa shape index (κ1) is 16.6. The zero-order valence-corrected chi connectivity index (χ0v) is 13.2. The van der Waals surface area contributed by atoms with Crippen molar-refractivity contribution in [2.24, 2.45) is 5.73 Å². The highest BCUT2D eigenvalue weighted by Gasteiger charge is 2.17. The number of nitrogens with two attached hydrogens (primary N) is 1. The number of carbonyl (C=O) groups is 1. The van der Waals surface area contributed by atoms with Gasteiger partial charge in [0, 0.05) is 17.7 Å². The van der Waals surface area contributed by atoms with Crippen LogP contribution < -0.4 is 11.1 Å². The van der Waals surface area contributed by atoms with Gasteiger partial charge in [-0.1, -0.05) is 36.4 Å². The Hall–Kier alpha value is -3.22. The molecule has 0 aliphatic heterocycles. The molecule has 5 nitrogen and oxygen atoms in total. The molecule has 0 unspecified atom stereocenters. The number of rotatable bonds is 6. The predicted octanol–water partition coefficient (Wildman–Crippen LogP) is 2.92. The lowest BCUT2D eigenvalue weighted by Gasteiger charge is -2.12. The van der Waals surface area contributed by atoms with Gasteiger partial charge in [0.15, 0.2) is 5.69 Å². The molecule has 0 radical (unpaired) electrons. The average molecular weight is 342 g/mol. The highest BCUT2D eigenvalue weighted by Crippen LogP contribution is 2.19. The summed E-state index contributed by atoms with van der Waals surface area (Å²) in [5, 5.41) is 2.98. The Labute approximate surface area is 143 Å². The summed E-state index contributed by atoms with van der Waals surface area (Å²) in [6, 6.07) is 12.6. The molecule has 3 N–H and O–H groups in total. The second kappa shape index (κ2) is 7.12. The molecule has 3 rings (SSSR count). The van der Waals surface area contributed by atoms with Gasteiger partial charge in [0.2, 0.25) is 0 Å². The molecule has 0 spiro atoms. The number of hydrogen-bond donors (Lipinski definition) is 2. The van der Waals surface area contributed by atoms with Crippen LogP contribution in [0.15, 0.2) is 54.9 Å². The quantitative estimate of drug-likeness (QED) is 0.723. The van der Waals surface area contributed by atoms with Crippen LogP contribution in [-0.2, 0) is 13.1 Å². The fraction of sp³-hybridized carbons (Fsp3) is 0.111. The number of amides is 1. The number of nitrogens with one attached hydrogen (secondary N) is 1. The molecule has 2 aromatic carbocycles. The fourth-order valence-corrected chi connectivity index (χ4v) is 2.50. The zero-order chi connectivity index (χ0) is 17.8. The lowest BCUT2D eigenvalue weighted by Crippen LogP contribution is -2.16. The number of carbonyl (C=O) groups excluding carboxylic acids is 1. The van der Waals surface area contributed by atoms with E-state index < -0.39 is 5.91 Å². The highest BCUT2D eigenvalue weighted by molar-refractivity contribution is 5.95. The maximum Gasteiger partial charge on any atom is 0.271 e. The lowest BCUT2D eigenvalue weighted by molar-refractivity contribution is 0.0996. The van der Waals surface area contributed by atoms with Crippen LogP contribution in [0.25, 0.3) is 0 Å². The minimum Gasteiger partial charge on any atom is -0.365 e. The Morgan fingerprint density at radius 3 is 2.24 bits per heavy atom. The van der Waals surface area contributed by atoms with E-state index in [0.29, 0.717) is 16.9 Å². The van der Waals surface area contributed by atoms with Gasteiger partial charge in [0.25, 0.3) is 5.91 Å². The third-order valence-corrected chi connectivity index (χ3v) is 3.77. The van der Waals surface area contributed by atoms with Crippen molar-refractivity contribution < 1.29 is 13.6 Å². The summed E-state index contributed by atoms with van der Waals surface area (Å²) < 4.78 is 29.2. The second-order valence-electron chi connectivity index (χ2n) is 5.47. The maximum absolute atomic E-state index is 13.9. The third-order valence-electron chi connectivity index (χ3n) is 3.77. The van der Waals surface area contributed by atoms with Gasteiger partial charge in [-0.2, -0.15) is 0 Å². The van der Waals surface area contributed by atoms with Crippen LogP contribution in [0, 0.1) is 11.6 Å². The normalized spacial score (nSPS) is 10.6. The maximum atomic E-state index is 13.9. The van der Waals surface area contributed by atoms with E-state index in [1.54, 1.807) is 41.0 Å². The van der Waals surface area contributed by atoms with Gasteiger partial charge in [-0.25, -0.2) is 13.8 Å². The summed E-state index contributed by atoms with van der Waals surface area (Å²) in [4.78, 5) is 15.6. The van der Waals surface area contributed by atoms with E-state index in [2.05, 4.69) is 10.3 Å². The molecule has 1 amide bonds. The molecule has 25 heavy (non-hydrogen) atoms. The van der Waals surface area contributed by atoms with Crippen LogP contribution in [0.3, 0.4) is 0 Å². The lowest BCUT2D eigenvalue weighted by atomic mass is 10.2. The standard InChI is InChI=1S/C18H16F2N4O/c19-14-7-3-1-5-12(14)9-22-18-16(17(21)25)23-11-24(18)10-13-6-2-4-8-15(13)20/h1-8,11,22H,9-10H2,(H2,21,25). The minimum absolute atomic E-state index is 0.0210. The molecule has 0 atom stereocenters. The molecule has 0 saturated carbocycles. The van der Waals surface area contributed by atoms with E-state index in [9.17, 15) is 13.6 Å². The van der Waals surface area contributed by atoms with Gasteiger partial charge in [-0.15, -0.1) is 0 Å². The van der Waals surface area contributed by atoms with Gasteiger partial charge in [-0.05, 0) is 12.1 Å². The summed E-state index contributed by atoms with van der Waals surface area (Å²) in [6.07, 6.45) is 1.40. The number of aromatic nitrogens is 2. The molecule has 1 heterocycles. The third kappa shape index (κ3) is 3.65. The monoisotopic (exact) mass is 342 g/mol. The number of hydrogen-bond acceptors (Lipinski definition) is 3. The summed E-state index contributed by atoms with van der Waals surface area (Å²) in [6.45, 7) is 0.294. The first-order valence-corrected chi connectivity index (χ1v) is 7.62. The summed E-state index contributed by atoms with van der Waals surface area (Å²) in [5.74, 6) is -1.13. The number of nitrogens with zero attached hydrogens (tertiary/aromatic N) is 2. The van der Waals surface area contributed by atoms with Crippen molar-refractivity contribution in [2.45, 2.75) is 13.1 Å². The van der Waals surface area contributed by atoms with E-state index >= 15 is 0 Å². The molecule has 3 aromatic rings. The zero-order valence-electron chi connectivity index (χ0n) is 13.2. The Morgan fingerprint density at radius 1 is 1.04 bits per heavy atom. The number of imidazole rings is 1. The summed E-state index contributed by atoms with van der Waals surface area (Å²) >= 11 is 0. The molecule has 0 fully saturated rings. The number of benzene rings is 2. The first-order chi connectivity index (χ1) is 12.1. The Kier molecular flexibility index (Phi) is 4.74. The summed E-state index contributed by atoms with van der Waals surface area (Å²) in [5.41, 5.74) is 6.23. The van der Waals surface area contributed by atoms with Gasteiger partial charge < -0.3 is 15.6 Å². The molecule has 1 aromatic heterocycles. The topological polar surface area (TPSA) is 72.9 Å². The van der Waals surface area contributed by atoms with Crippen LogP contribution in [0.4, 0.5) is 14.6 Å². The van der Waals surface area contributed by atoms with E-state index in [1.807, 2.05) is 0 Å². The van der Waals surface area contributed by atoms with Crippen molar-refractivity contribution in [3.63, 3.8) is 0 Å². The number of halogens is 2. The Morgan fingerprint density at radius 2 is 1.64 bits per heavy atom. The van der Waals surface area contributed by atoms with Crippen molar-refractivity contribution in [3.8, 4) is 0 Å². The van der Waals surface area contributed by atoms with Gasteiger partial charge in [0.05, 0.1) is 12.9 Å². The molecule has 128 valence electrons. The van der Waals surface area contributed by atoms with Crippen LogP contribution >= 0.6 is 0 Å². The van der Waals surface area contributed by atoms with Crippen molar-refractivity contribution in [3.05, 3.63) is 83.3 Å². The van der Waals surface area contributed by atoms with Gasteiger partial charge in [0.1, 0.15) is 17.5 Å². The second-order valence-corrected chi connectivity index (χ2v) is 5.47. The molecular formula is C18H16F2N4O. The van der Waals surface area contributed by atoms with Crippen molar-refractivity contribution in [2.75, 3.05) is 5.32 Å². The number of primary amides is 1. The largest absolute Gasteiger partial charge is 0.365 e. The van der Waals surface area contributed by atoms with Crippen LogP contribution in [0.2, 0.25) is 0 Å². The Balaban J connectivity index is 1.88. The predicted molar refractivity (Wildman–Crippen MR) is 90.0 cm³/mol. The fourth-order valence-electron chi connectivity index (χ4n) is 2.50. The SMILES string of the molecule is NC(=O)c1ncn(Cc2ccccc2F)c1NCc1ccccc1F. The van der Waals surface area contributed by atoms with Crippen LogP contribution in [-0.4, -0.2) is 15.5 Å². The number of anilines is 1. The Bertz CT molecular complexity index is 908. The van der Waals surface area contributed by atoms with E-state index in [0.717, 1.165) is 0 Å². The smallest absolute Gasteiger partial charge is 0.271 e. The molecular weight excluding hydrogens is 326 g/mol. The van der Waals surface area contributed by atoms with Crippen LogP contribution in [0.5, 0.6) is 0 Å². The first-order valence-electron chi connectivity index (χ1n) is 7.62. The molecule has 7 heteroatoms. The molecule has 0 saturated heterocycles. The van der Waals surface area contributed by atoms with E-state index in [1.165, 1.54) is 18.5 Å². The van der Waals surface area contributed by atoms with Crippen molar-refractivity contribution in [1.29, 1.82) is 0 Å². The van der Waals surface area contributed by atoms with Crippen LogP contribution in [0.1, 0.15) is 21.6 Å². The van der Waals surface area contributed by atoms with E-state index in [-0.39, 0.29) is 30.4 Å². The molecule has 0 aliphatic rings. The van der Waals surface area contributed by atoms with E-state index in [4.69, 9.17) is 5.73 Å². The van der Waals surface area contributed by atoms with Crippen molar-refractivity contribution in [1.82, 2.24) is 9.55 Å². The average Bonchev–Trinajstić information content (AvgIpc) is 2.99. The van der Waals surface area contributed by atoms with Gasteiger partial charge >= 0.3 is 0 Å². The minimum atomic E-state index is -0.719.